The fourth-order valence-electron chi connectivity index (χ4n) is 1.85. The maximum atomic E-state index is 14.1. The van der Waals surface area contributed by atoms with Gasteiger partial charge in [-0.05, 0) is 48.5 Å². The van der Waals surface area contributed by atoms with Crippen molar-refractivity contribution < 1.29 is 23.8 Å². The van der Waals surface area contributed by atoms with Crippen molar-refractivity contribution >= 4 is 11.5 Å². The summed E-state index contributed by atoms with van der Waals surface area (Å²) in [7, 11) is 2.99. The number of rotatable bonds is 5. The molecule has 0 fully saturated rings. The van der Waals surface area contributed by atoms with Gasteiger partial charge in [-0.15, -0.1) is 0 Å². The van der Waals surface area contributed by atoms with Gasteiger partial charge in [0.2, 0.25) is 11.6 Å². The Morgan fingerprint density at radius 1 is 0.864 bits per heavy atom. The second kappa shape index (κ2) is 6.76. The number of carbonyl (C=O) groups excluding carboxylic acids is 1. The first-order chi connectivity index (χ1) is 10.6. The summed E-state index contributed by atoms with van der Waals surface area (Å²) >= 11 is 0. The molecule has 0 aliphatic carbocycles. The molecular weight excluding hydrogens is 287 g/mol. The van der Waals surface area contributed by atoms with E-state index in [1.54, 1.807) is 24.3 Å². The molecule has 0 saturated carbocycles. The molecule has 2 aromatic carbocycles. The number of halogens is 1. The zero-order chi connectivity index (χ0) is 16.1. The minimum absolute atomic E-state index is 0.123. The second-order valence-corrected chi connectivity index (χ2v) is 4.45. The fraction of sp³-hybridized carbons (Fsp3) is 0.118. The van der Waals surface area contributed by atoms with Crippen LogP contribution in [-0.2, 0) is 0 Å². The molecule has 0 heterocycles. The van der Waals surface area contributed by atoms with Crippen molar-refractivity contribution in [2.24, 2.45) is 0 Å². The van der Waals surface area contributed by atoms with Crippen LogP contribution in [0.2, 0.25) is 0 Å². The van der Waals surface area contributed by atoms with Crippen LogP contribution < -0.4 is 9.47 Å². The summed E-state index contributed by atoms with van der Waals surface area (Å²) in [6.07, 6.45) is 0. The summed E-state index contributed by atoms with van der Waals surface area (Å²) in [5.41, 5.74) is 0.318. The lowest BCUT2D eigenvalue weighted by atomic mass is 10.1. The van der Waals surface area contributed by atoms with Crippen molar-refractivity contribution in [3.05, 3.63) is 65.5 Å². The van der Waals surface area contributed by atoms with E-state index in [1.165, 1.54) is 38.5 Å². The van der Waals surface area contributed by atoms with Crippen molar-refractivity contribution in [3.63, 3.8) is 0 Å². The topological polar surface area (TPSA) is 55.8 Å². The zero-order valence-corrected chi connectivity index (χ0v) is 12.2. The van der Waals surface area contributed by atoms with Crippen LogP contribution in [0, 0.1) is 0 Å². The van der Waals surface area contributed by atoms with Gasteiger partial charge in [0.05, 0.1) is 14.2 Å². The smallest absolute Gasteiger partial charge is 0.225 e. The molecule has 0 bridgehead atoms. The molecule has 0 aliphatic rings. The van der Waals surface area contributed by atoms with Crippen molar-refractivity contribution in [2.45, 2.75) is 0 Å². The zero-order valence-electron chi connectivity index (χ0n) is 12.2. The van der Waals surface area contributed by atoms with E-state index in [0.29, 0.717) is 11.5 Å². The second-order valence-electron chi connectivity index (χ2n) is 4.45. The van der Waals surface area contributed by atoms with E-state index in [0.717, 1.165) is 0 Å². The molecule has 0 aliphatic heterocycles. The van der Waals surface area contributed by atoms with Crippen LogP contribution in [0.25, 0.3) is 5.76 Å². The monoisotopic (exact) mass is 302 g/mol. The van der Waals surface area contributed by atoms with Crippen molar-refractivity contribution in [1.82, 2.24) is 0 Å². The van der Waals surface area contributed by atoms with Gasteiger partial charge in [0, 0.05) is 11.1 Å². The maximum Gasteiger partial charge on any atom is 0.225 e. The van der Waals surface area contributed by atoms with Crippen LogP contribution in [0.5, 0.6) is 11.5 Å². The molecule has 4 nitrogen and oxygen atoms in total. The van der Waals surface area contributed by atoms with E-state index in [9.17, 15) is 14.3 Å². The first-order valence-electron chi connectivity index (χ1n) is 6.48. The minimum Gasteiger partial charge on any atom is -0.504 e. The molecule has 1 N–H and O–H groups in total. The van der Waals surface area contributed by atoms with Gasteiger partial charge in [0.15, 0.2) is 5.76 Å². The average molecular weight is 302 g/mol. The van der Waals surface area contributed by atoms with Gasteiger partial charge in [-0.1, -0.05) is 0 Å². The minimum atomic E-state index is -1.21. The molecule has 0 amide bonds. The Hall–Kier alpha value is -2.82. The lowest BCUT2D eigenvalue weighted by molar-refractivity contribution is 0.100. The molecule has 0 spiro atoms. The van der Waals surface area contributed by atoms with E-state index in [-0.39, 0.29) is 11.1 Å². The van der Waals surface area contributed by atoms with Crippen molar-refractivity contribution in [2.75, 3.05) is 14.2 Å². The standard InChI is InChI=1S/C17H15FO4/c1-21-13-7-3-11(4-8-13)16(19)15(18)17(20)12-5-9-14(22-2)10-6-12/h3-10,19H,1-2H3/b16-15+. The Bertz CT molecular complexity index is 688. The normalized spacial score (nSPS) is 11.6. The summed E-state index contributed by atoms with van der Waals surface area (Å²) in [5, 5.41) is 9.90. The molecule has 22 heavy (non-hydrogen) atoms. The van der Waals surface area contributed by atoms with Crippen LogP contribution in [0.4, 0.5) is 4.39 Å². The summed E-state index contributed by atoms with van der Waals surface area (Å²) < 4.78 is 24.1. The average Bonchev–Trinajstić information content (AvgIpc) is 2.60. The first-order valence-corrected chi connectivity index (χ1v) is 6.48. The number of ketones is 1. The van der Waals surface area contributed by atoms with Crippen molar-refractivity contribution in [1.29, 1.82) is 0 Å². The van der Waals surface area contributed by atoms with Gasteiger partial charge in [0.25, 0.3) is 0 Å². The highest BCUT2D eigenvalue weighted by molar-refractivity contribution is 6.10. The third-order valence-corrected chi connectivity index (χ3v) is 3.12. The molecule has 0 aromatic heterocycles. The highest BCUT2D eigenvalue weighted by Gasteiger charge is 2.18. The molecule has 2 aromatic rings. The van der Waals surface area contributed by atoms with Gasteiger partial charge in [0.1, 0.15) is 11.5 Å². The van der Waals surface area contributed by atoms with Crippen molar-refractivity contribution in [3.8, 4) is 11.5 Å². The predicted octanol–water partition coefficient (Wildman–Crippen LogP) is 3.78. The van der Waals surface area contributed by atoms with E-state index < -0.39 is 17.4 Å². The van der Waals surface area contributed by atoms with Gasteiger partial charge in [-0.2, -0.15) is 4.39 Å². The number of ether oxygens (including phenoxy) is 2. The first kappa shape index (κ1) is 15.6. The Morgan fingerprint density at radius 3 is 1.68 bits per heavy atom. The third-order valence-electron chi connectivity index (χ3n) is 3.12. The van der Waals surface area contributed by atoms with Gasteiger partial charge >= 0.3 is 0 Å². The van der Waals surface area contributed by atoms with E-state index in [2.05, 4.69) is 0 Å². The quantitative estimate of drug-likeness (QED) is 0.519. The van der Waals surface area contributed by atoms with Crippen LogP contribution in [0.15, 0.2) is 54.4 Å². The van der Waals surface area contributed by atoms with E-state index in [1.807, 2.05) is 0 Å². The summed E-state index contributed by atoms with van der Waals surface area (Å²) in [4.78, 5) is 12.0. The highest BCUT2D eigenvalue weighted by Crippen LogP contribution is 2.23. The van der Waals surface area contributed by atoms with Crippen LogP contribution >= 0.6 is 0 Å². The highest BCUT2D eigenvalue weighted by atomic mass is 19.1. The number of aliphatic hydroxyl groups excluding tert-OH is 1. The Morgan fingerprint density at radius 2 is 1.27 bits per heavy atom. The van der Waals surface area contributed by atoms with E-state index >= 15 is 0 Å². The number of carbonyl (C=O) groups is 1. The largest absolute Gasteiger partial charge is 0.504 e. The Balaban J connectivity index is 2.29. The van der Waals surface area contributed by atoms with Crippen LogP contribution in [0.3, 0.4) is 0 Å². The number of methoxy groups -OCH3 is 2. The number of aliphatic hydroxyl groups is 1. The number of Topliss-reactive ketones (excluding diaryl/α,β-unsaturated/α-hetero) is 1. The molecule has 0 saturated heterocycles. The molecule has 0 radical (unpaired) electrons. The molecule has 114 valence electrons. The molecule has 0 unspecified atom stereocenters. The predicted molar refractivity (Wildman–Crippen MR) is 81.0 cm³/mol. The summed E-state index contributed by atoms with van der Waals surface area (Å²) in [6.45, 7) is 0. The Labute approximate surface area is 127 Å². The fourth-order valence-corrected chi connectivity index (χ4v) is 1.85. The number of allylic oxidation sites excluding steroid dienone is 1. The van der Waals surface area contributed by atoms with E-state index in [4.69, 9.17) is 9.47 Å². The van der Waals surface area contributed by atoms with Crippen LogP contribution in [-0.4, -0.2) is 25.1 Å². The lowest BCUT2D eigenvalue weighted by Gasteiger charge is -2.05. The SMILES string of the molecule is COc1ccc(C(=O)/C(F)=C(\O)c2ccc(OC)cc2)cc1. The molecule has 5 heteroatoms. The lowest BCUT2D eigenvalue weighted by Crippen LogP contribution is -2.03. The maximum absolute atomic E-state index is 14.1. The number of hydrogen-bond acceptors (Lipinski definition) is 4. The molecule has 2 rings (SSSR count). The molecular formula is C17H15FO4. The Kier molecular flexibility index (Phi) is 4.78. The van der Waals surface area contributed by atoms with Gasteiger partial charge in [-0.3, -0.25) is 4.79 Å². The molecule has 0 atom stereocenters. The van der Waals surface area contributed by atoms with Gasteiger partial charge in [-0.25, -0.2) is 0 Å². The number of hydrogen-bond donors (Lipinski definition) is 1. The summed E-state index contributed by atoms with van der Waals surface area (Å²) in [5.74, 6) is -1.69. The van der Waals surface area contributed by atoms with Crippen LogP contribution in [0.1, 0.15) is 15.9 Å². The summed E-state index contributed by atoms with van der Waals surface area (Å²) in [6, 6.07) is 12.0. The third kappa shape index (κ3) is 3.25. The number of benzene rings is 2. The van der Waals surface area contributed by atoms with Gasteiger partial charge < -0.3 is 14.6 Å².